The minimum absolute atomic E-state index is 0.0511. The maximum Gasteiger partial charge on any atom is 0.243 e. The first kappa shape index (κ1) is 26.0. The molecule has 5 amide bonds. The highest BCUT2D eigenvalue weighted by Crippen LogP contribution is 2.06. The standard InChI is InChI=1S/C21H27N5O6/c1-2-15(28)8-9-16(25-19(30)12-23-13-27)21(32)26-17(20(31)24-11-18(22)29)10-14-6-4-3-5-7-14/h2-7,13,16-17H,1,8-12H2,(H2,22,29)(H,23,27)(H,24,31)(H,25,30)(H,26,32). The molecule has 0 bridgehead atoms. The van der Waals surface area contributed by atoms with Crippen molar-refractivity contribution in [1.29, 1.82) is 0 Å². The average Bonchev–Trinajstić information content (AvgIpc) is 2.78. The highest BCUT2D eigenvalue weighted by molar-refractivity contribution is 5.94. The van der Waals surface area contributed by atoms with Crippen molar-refractivity contribution in [2.24, 2.45) is 5.73 Å². The lowest BCUT2D eigenvalue weighted by molar-refractivity contribution is -0.132. The van der Waals surface area contributed by atoms with E-state index in [0.717, 1.165) is 11.6 Å². The predicted molar refractivity (Wildman–Crippen MR) is 115 cm³/mol. The lowest BCUT2D eigenvalue weighted by Gasteiger charge is -2.23. The highest BCUT2D eigenvalue weighted by atomic mass is 16.2. The van der Waals surface area contributed by atoms with E-state index in [9.17, 15) is 28.8 Å². The van der Waals surface area contributed by atoms with Gasteiger partial charge in [-0.2, -0.15) is 0 Å². The Labute approximate surface area is 185 Å². The normalized spacial score (nSPS) is 11.9. The van der Waals surface area contributed by atoms with Gasteiger partial charge in [0.15, 0.2) is 5.78 Å². The zero-order chi connectivity index (χ0) is 23.9. The second kappa shape index (κ2) is 14.1. The van der Waals surface area contributed by atoms with Crippen LogP contribution in [0.15, 0.2) is 43.0 Å². The lowest BCUT2D eigenvalue weighted by Crippen LogP contribution is -2.55. The number of ketones is 1. The molecule has 0 aromatic heterocycles. The number of benzene rings is 1. The van der Waals surface area contributed by atoms with Crippen molar-refractivity contribution in [1.82, 2.24) is 21.3 Å². The van der Waals surface area contributed by atoms with Gasteiger partial charge in [-0.05, 0) is 18.1 Å². The fourth-order valence-corrected chi connectivity index (χ4v) is 2.67. The van der Waals surface area contributed by atoms with Gasteiger partial charge in [0.25, 0.3) is 0 Å². The maximum absolute atomic E-state index is 12.9. The Morgan fingerprint density at radius 2 is 1.66 bits per heavy atom. The van der Waals surface area contributed by atoms with Gasteiger partial charge in [0.05, 0.1) is 13.1 Å². The van der Waals surface area contributed by atoms with E-state index in [1.807, 2.05) is 0 Å². The van der Waals surface area contributed by atoms with Crippen molar-refractivity contribution in [2.75, 3.05) is 13.1 Å². The molecule has 0 spiro atoms. The summed E-state index contributed by atoms with van der Waals surface area (Å²) in [6.07, 6.45) is 1.41. The Kier molecular flexibility index (Phi) is 11.4. The summed E-state index contributed by atoms with van der Waals surface area (Å²) in [6.45, 7) is 2.58. The predicted octanol–water partition coefficient (Wildman–Crippen LogP) is -1.92. The van der Waals surface area contributed by atoms with Crippen molar-refractivity contribution in [2.45, 2.75) is 31.3 Å². The Hall–Kier alpha value is -4.02. The van der Waals surface area contributed by atoms with Gasteiger partial charge >= 0.3 is 0 Å². The number of allylic oxidation sites excluding steroid dienone is 1. The zero-order valence-electron chi connectivity index (χ0n) is 17.5. The first-order valence-electron chi connectivity index (χ1n) is 9.78. The fraction of sp³-hybridized carbons (Fsp3) is 0.333. The first-order chi connectivity index (χ1) is 15.3. The number of nitrogens with two attached hydrogens (primary N) is 1. The van der Waals surface area contributed by atoms with E-state index in [1.165, 1.54) is 0 Å². The zero-order valence-corrected chi connectivity index (χ0v) is 17.5. The molecule has 2 atom stereocenters. The van der Waals surface area contributed by atoms with Crippen LogP contribution >= 0.6 is 0 Å². The van der Waals surface area contributed by atoms with Crippen LogP contribution in [0, 0.1) is 0 Å². The van der Waals surface area contributed by atoms with E-state index in [0.29, 0.717) is 6.41 Å². The minimum Gasteiger partial charge on any atom is -0.368 e. The molecule has 0 aliphatic carbocycles. The third kappa shape index (κ3) is 10.1. The Bertz CT molecular complexity index is 842. The summed E-state index contributed by atoms with van der Waals surface area (Å²) in [5, 5.41) is 9.49. The van der Waals surface area contributed by atoms with Crippen molar-refractivity contribution < 1.29 is 28.8 Å². The summed E-state index contributed by atoms with van der Waals surface area (Å²) in [5.74, 6) is -3.09. The van der Waals surface area contributed by atoms with Crippen LogP contribution in [0.2, 0.25) is 0 Å². The maximum atomic E-state index is 12.9. The van der Waals surface area contributed by atoms with Gasteiger partial charge < -0.3 is 27.0 Å². The van der Waals surface area contributed by atoms with Crippen molar-refractivity contribution >= 4 is 35.8 Å². The van der Waals surface area contributed by atoms with E-state index >= 15 is 0 Å². The molecular formula is C21H27N5O6. The molecule has 0 saturated heterocycles. The van der Waals surface area contributed by atoms with Crippen LogP contribution in [-0.4, -0.2) is 61.0 Å². The van der Waals surface area contributed by atoms with Crippen LogP contribution in [0.1, 0.15) is 18.4 Å². The number of carbonyl (C=O) groups is 6. The summed E-state index contributed by atoms with van der Waals surface area (Å²) in [5.41, 5.74) is 5.80. The topological polar surface area (TPSA) is 177 Å². The van der Waals surface area contributed by atoms with E-state index < -0.39 is 42.3 Å². The van der Waals surface area contributed by atoms with Crippen LogP contribution in [0.5, 0.6) is 0 Å². The second-order valence-corrected chi connectivity index (χ2v) is 6.76. The average molecular weight is 445 g/mol. The third-order valence-corrected chi connectivity index (χ3v) is 4.26. The molecule has 2 unspecified atom stereocenters. The SMILES string of the molecule is C=CC(=O)CCC(NC(=O)CNC=O)C(=O)NC(Cc1ccccc1)C(=O)NCC(N)=O. The molecule has 0 saturated carbocycles. The molecule has 1 rings (SSSR count). The summed E-state index contributed by atoms with van der Waals surface area (Å²) >= 11 is 0. The van der Waals surface area contributed by atoms with E-state index in [4.69, 9.17) is 5.73 Å². The molecule has 0 radical (unpaired) electrons. The number of rotatable bonds is 15. The Morgan fingerprint density at radius 3 is 2.25 bits per heavy atom. The fourth-order valence-electron chi connectivity index (χ4n) is 2.67. The van der Waals surface area contributed by atoms with Crippen LogP contribution < -0.4 is 27.0 Å². The molecule has 6 N–H and O–H groups in total. The molecule has 172 valence electrons. The van der Waals surface area contributed by atoms with Crippen LogP contribution in [-0.2, 0) is 35.2 Å². The van der Waals surface area contributed by atoms with Gasteiger partial charge in [-0.15, -0.1) is 0 Å². The molecule has 0 aliphatic heterocycles. The van der Waals surface area contributed by atoms with Crippen molar-refractivity contribution in [3.8, 4) is 0 Å². The van der Waals surface area contributed by atoms with Crippen molar-refractivity contribution in [3.05, 3.63) is 48.6 Å². The van der Waals surface area contributed by atoms with Crippen LogP contribution in [0.4, 0.5) is 0 Å². The monoisotopic (exact) mass is 445 g/mol. The molecule has 32 heavy (non-hydrogen) atoms. The smallest absolute Gasteiger partial charge is 0.243 e. The van der Waals surface area contributed by atoms with Gasteiger partial charge in [0.1, 0.15) is 12.1 Å². The van der Waals surface area contributed by atoms with Gasteiger partial charge in [-0.1, -0.05) is 36.9 Å². The number of hydrogen-bond acceptors (Lipinski definition) is 6. The summed E-state index contributed by atoms with van der Waals surface area (Å²) < 4.78 is 0. The summed E-state index contributed by atoms with van der Waals surface area (Å²) in [4.78, 5) is 70.4. The molecule has 0 fully saturated rings. The van der Waals surface area contributed by atoms with E-state index in [2.05, 4.69) is 27.8 Å². The molecule has 0 aliphatic rings. The largest absolute Gasteiger partial charge is 0.368 e. The lowest BCUT2D eigenvalue weighted by atomic mass is 10.0. The first-order valence-corrected chi connectivity index (χ1v) is 9.78. The third-order valence-electron chi connectivity index (χ3n) is 4.26. The van der Waals surface area contributed by atoms with E-state index in [-0.39, 0.29) is 31.6 Å². The second-order valence-electron chi connectivity index (χ2n) is 6.76. The molecule has 11 heteroatoms. The van der Waals surface area contributed by atoms with Gasteiger partial charge in [0, 0.05) is 12.8 Å². The quantitative estimate of drug-likeness (QED) is 0.155. The Balaban J connectivity index is 2.98. The van der Waals surface area contributed by atoms with Crippen LogP contribution in [0.3, 0.4) is 0 Å². The minimum atomic E-state index is -1.15. The summed E-state index contributed by atoms with van der Waals surface area (Å²) in [6, 6.07) is 6.61. The van der Waals surface area contributed by atoms with Gasteiger partial charge in [0.2, 0.25) is 30.0 Å². The molecule has 11 nitrogen and oxygen atoms in total. The number of amides is 5. The number of hydrogen-bond donors (Lipinski definition) is 5. The summed E-state index contributed by atoms with van der Waals surface area (Å²) in [7, 11) is 0. The molecule has 0 heterocycles. The van der Waals surface area contributed by atoms with Crippen molar-refractivity contribution in [3.63, 3.8) is 0 Å². The molecule has 1 aromatic rings. The molecule has 1 aromatic carbocycles. The van der Waals surface area contributed by atoms with E-state index in [1.54, 1.807) is 30.3 Å². The Morgan fingerprint density at radius 1 is 0.969 bits per heavy atom. The molecular weight excluding hydrogens is 418 g/mol. The van der Waals surface area contributed by atoms with Gasteiger partial charge in [-0.25, -0.2) is 0 Å². The number of primary amides is 1. The van der Waals surface area contributed by atoms with Crippen LogP contribution in [0.25, 0.3) is 0 Å². The highest BCUT2D eigenvalue weighted by Gasteiger charge is 2.27. The van der Waals surface area contributed by atoms with Gasteiger partial charge in [-0.3, -0.25) is 28.8 Å². The number of nitrogens with one attached hydrogen (secondary N) is 4. The number of carbonyl (C=O) groups excluding carboxylic acids is 6.